The normalized spacial score (nSPS) is 16.0. The molecule has 0 fully saturated rings. The Balaban J connectivity index is 1.83. The molecule has 2 amide bonds. The van der Waals surface area contributed by atoms with Crippen LogP contribution in [-0.2, 0) is 20.7 Å². The molecule has 0 saturated carbocycles. The monoisotopic (exact) mass is 404 g/mol. The van der Waals surface area contributed by atoms with E-state index in [9.17, 15) is 14.0 Å². The van der Waals surface area contributed by atoms with Gasteiger partial charge in [-0.05, 0) is 47.5 Å². The molecular formula is C21H25FN2O3S. The van der Waals surface area contributed by atoms with E-state index in [0.29, 0.717) is 26.1 Å². The summed E-state index contributed by atoms with van der Waals surface area (Å²) in [4.78, 5) is 29.8. The molecule has 1 unspecified atom stereocenters. The summed E-state index contributed by atoms with van der Waals surface area (Å²) in [6, 6.07) is 8.09. The maximum absolute atomic E-state index is 13.4. The first-order valence-corrected chi connectivity index (χ1v) is 10.2. The van der Waals surface area contributed by atoms with Crippen LogP contribution in [0.1, 0.15) is 35.4 Å². The topological polar surface area (TPSA) is 49.9 Å². The smallest absolute Gasteiger partial charge is 0.242 e. The van der Waals surface area contributed by atoms with Gasteiger partial charge in [0.1, 0.15) is 5.82 Å². The summed E-state index contributed by atoms with van der Waals surface area (Å²) < 4.78 is 18.5. The van der Waals surface area contributed by atoms with Crippen LogP contribution < -0.4 is 0 Å². The highest BCUT2D eigenvalue weighted by Crippen LogP contribution is 2.37. The first-order valence-electron chi connectivity index (χ1n) is 9.37. The molecule has 1 atom stereocenters. The largest absolute Gasteiger partial charge is 0.385 e. The van der Waals surface area contributed by atoms with E-state index in [-0.39, 0.29) is 30.2 Å². The van der Waals surface area contributed by atoms with Crippen molar-refractivity contribution in [3.8, 4) is 0 Å². The van der Waals surface area contributed by atoms with E-state index < -0.39 is 0 Å². The molecule has 7 heteroatoms. The molecule has 2 heterocycles. The minimum atomic E-state index is -0.302. The molecule has 5 nitrogen and oxygen atoms in total. The molecule has 150 valence electrons. The lowest BCUT2D eigenvalue weighted by Crippen LogP contribution is -2.46. The number of carbonyl (C=O) groups is 2. The Labute approximate surface area is 168 Å². The number of thiophene rings is 1. The van der Waals surface area contributed by atoms with E-state index in [2.05, 4.69) is 0 Å². The van der Waals surface area contributed by atoms with Crippen molar-refractivity contribution >= 4 is 23.2 Å². The van der Waals surface area contributed by atoms with Crippen LogP contribution in [0.5, 0.6) is 0 Å². The fraction of sp³-hybridized carbons (Fsp3) is 0.429. The van der Waals surface area contributed by atoms with Crippen molar-refractivity contribution in [2.75, 3.05) is 33.4 Å². The van der Waals surface area contributed by atoms with Crippen LogP contribution in [0.3, 0.4) is 0 Å². The van der Waals surface area contributed by atoms with E-state index in [1.807, 2.05) is 16.3 Å². The number of hydrogen-bond acceptors (Lipinski definition) is 4. The Bertz CT molecular complexity index is 821. The van der Waals surface area contributed by atoms with Crippen LogP contribution >= 0.6 is 11.3 Å². The number of methoxy groups -OCH3 is 1. The van der Waals surface area contributed by atoms with Crippen LogP contribution in [0, 0.1) is 5.82 Å². The molecule has 0 bridgehead atoms. The molecule has 28 heavy (non-hydrogen) atoms. The average molecular weight is 405 g/mol. The molecule has 0 aliphatic carbocycles. The van der Waals surface area contributed by atoms with Crippen molar-refractivity contribution in [3.05, 3.63) is 57.5 Å². The number of carbonyl (C=O) groups excluding carboxylic acids is 2. The third kappa shape index (κ3) is 4.59. The SMILES string of the molecule is COCCCN(CC(=O)N1CCc2sccc2C1c1ccc(F)cc1)C(C)=O. The first-order chi connectivity index (χ1) is 13.5. The van der Waals surface area contributed by atoms with Gasteiger partial charge in [0.2, 0.25) is 11.8 Å². The predicted molar refractivity (Wildman–Crippen MR) is 107 cm³/mol. The van der Waals surface area contributed by atoms with Gasteiger partial charge in [0.15, 0.2) is 0 Å². The summed E-state index contributed by atoms with van der Waals surface area (Å²) in [6.07, 6.45) is 1.47. The third-order valence-corrected chi connectivity index (χ3v) is 6.02. The second-order valence-electron chi connectivity index (χ2n) is 6.88. The molecule has 0 spiro atoms. The zero-order valence-electron chi connectivity index (χ0n) is 16.2. The number of amides is 2. The number of nitrogens with zero attached hydrogens (tertiary/aromatic N) is 2. The highest BCUT2D eigenvalue weighted by molar-refractivity contribution is 7.10. The van der Waals surface area contributed by atoms with Crippen molar-refractivity contribution in [2.45, 2.75) is 25.8 Å². The number of benzene rings is 1. The second kappa shape index (κ2) is 9.30. The van der Waals surface area contributed by atoms with Crippen molar-refractivity contribution in [1.82, 2.24) is 9.80 Å². The summed E-state index contributed by atoms with van der Waals surface area (Å²) in [5.41, 5.74) is 1.97. The maximum atomic E-state index is 13.4. The molecule has 1 aliphatic rings. The van der Waals surface area contributed by atoms with Crippen LogP contribution in [0.25, 0.3) is 0 Å². The van der Waals surface area contributed by atoms with Gasteiger partial charge >= 0.3 is 0 Å². The highest BCUT2D eigenvalue weighted by Gasteiger charge is 2.33. The molecule has 0 saturated heterocycles. The highest BCUT2D eigenvalue weighted by atomic mass is 32.1. The molecule has 0 radical (unpaired) electrons. The van der Waals surface area contributed by atoms with Gasteiger partial charge in [-0.15, -0.1) is 11.3 Å². The lowest BCUT2D eigenvalue weighted by Gasteiger charge is -2.37. The molecule has 1 aromatic heterocycles. The lowest BCUT2D eigenvalue weighted by atomic mass is 9.93. The fourth-order valence-electron chi connectivity index (χ4n) is 3.59. The standard InChI is InChI=1S/C21H25FN2O3S/c1-15(25)23(10-3-12-27-2)14-20(26)24-11-8-19-18(9-13-28-19)21(24)16-4-6-17(22)7-5-16/h4-7,9,13,21H,3,8,10-12,14H2,1-2H3. The van der Waals surface area contributed by atoms with Gasteiger partial charge < -0.3 is 14.5 Å². The van der Waals surface area contributed by atoms with Gasteiger partial charge in [-0.3, -0.25) is 9.59 Å². The average Bonchev–Trinajstić information content (AvgIpc) is 3.16. The Morgan fingerprint density at radius 3 is 2.71 bits per heavy atom. The van der Waals surface area contributed by atoms with Gasteiger partial charge in [0.05, 0.1) is 12.6 Å². The van der Waals surface area contributed by atoms with Crippen molar-refractivity contribution in [1.29, 1.82) is 0 Å². The van der Waals surface area contributed by atoms with Gasteiger partial charge in [-0.25, -0.2) is 4.39 Å². The van der Waals surface area contributed by atoms with E-state index in [0.717, 1.165) is 17.5 Å². The van der Waals surface area contributed by atoms with E-state index in [1.54, 1.807) is 35.5 Å². The summed E-state index contributed by atoms with van der Waals surface area (Å²) >= 11 is 1.68. The summed E-state index contributed by atoms with van der Waals surface area (Å²) in [6.45, 7) is 3.12. The fourth-order valence-corrected chi connectivity index (χ4v) is 4.50. The molecule has 0 N–H and O–H groups in total. The Hall–Kier alpha value is -2.25. The van der Waals surface area contributed by atoms with Crippen LogP contribution in [0.4, 0.5) is 4.39 Å². The zero-order valence-corrected chi connectivity index (χ0v) is 17.0. The summed E-state index contributed by atoms with van der Waals surface area (Å²) in [5.74, 6) is -0.529. The molecule has 1 aliphatic heterocycles. The Morgan fingerprint density at radius 2 is 2.04 bits per heavy atom. The lowest BCUT2D eigenvalue weighted by molar-refractivity contribution is -0.140. The second-order valence-corrected chi connectivity index (χ2v) is 7.88. The molecule has 2 aromatic rings. The zero-order chi connectivity index (χ0) is 20.1. The molecular weight excluding hydrogens is 379 g/mol. The van der Waals surface area contributed by atoms with Gasteiger partial charge in [-0.2, -0.15) is 0 Å². The number of halogens is 1. The van der Waals surface area contributed by atoms with Gasteiger partial charge in [-0.1, -0.05) is 12.1 Å². The van der Waals surface area contributed by atoms with E-state index in [4.69, 9.17) is 4.74 Å². The van der Waals surface area contributed by atoms with Gasteiger partial charge in [0, 0.05) is 38.6 Å². The minimum absolute atomic E-state index is 0.0379. The Morgan fingerprint density at radius 1 is 1.29 bits per heavy atom. The summed E-state index contributed by atoms with van der Waals surface area (Å²) in [7, 11) is 1.61. The minimum Gasteiger partial charge on any atom is -0.385 e. The third-order valence-electron chi connectivity index (χ3n) is 5.02. The van der Waals surface area contributed by atoms with E-state index >= 15 is 0 Å². The number of rotatable bonds is 7. The van der Waals surface area contributed by atoms with E-state index in [1.165, 1.54) is 23.9 Å². The quantitative estimate of drug-likeness (QED) is 0.666. The Kier molecular flexibility index (Phi) is 6.80. The van der Waals surface area contributed by atoms with Crippen LogP contribution in [0.15, 0.2) is 35.7 Å². The molecule has 3 rings (SSSR count). The predicted octanol–water partition coefficient (Wildman–Crippen LogP) is 3.25. The van der Waals surface area contributed by atoms with Gasteiger partial charge in [0.25, 0.3) is 0 Å². The van der Waals surface area contributed by atoms with Crippen LogP contribution in [-0.4, -0.2) is 55.0 Å². The summed E-state index contributed by atoms with van der Waals surface area (Å²) in [5, 5.41) is 2.03. The van der Waals surface area contributed by atoms with Crippen LogP contribution in [0.2, 0.25) is 0 Å². The maximum Gasteiger partial charge on any atom is 0.242 e. The number of hydrogen-bond donors (Lipinski definition) is 0. The first kappa shape index (κ1) is 20.5. The van der Waals surface area contributed by atoms with Crippen molar-refractivity contribution < 1.29 is 18.7 Å². The van der Waals surface area contributed by atoms with Crippen molar-refractivity contribution in [2.24, 2.45) is 0 Å². The van der Waals surface area contributed by atoms with Crippen molar-refractivity contribution in [3.63, 3.8) is 0 Å². The molecule has 1 aromatic carbocycles. The number of fused-ring (bicyclic) bond motifs is 1. The number of ether oxygens (including phenoxy) is 1.